The van der Waals surface area contributed by atoms with Gasteiger partial charge in [0.05, 0.1) is 17.1 Å². The first-order valence-corrected chi connectivity index (χ1v) is 12.6. The molecule has 0 radical (unpaired) electrons. The van der Waals surface area contributed by atoms with Crippen molar-refractivity contribution in [3.63, 3.8) is 0 Å². The molecule has 7 heteroatoms. The zero-order chi connectivity index (χ0) is 23.7. The van der Waals surface area contributed by atoms with Crippen molar-refractivity contribution in [3.8, 4) is 16.9 Å². The van der Waals surface area contributed by atoms with E-state index in [1.165, 1.54) is 23.5 Å². The second kappa shape index (κ2) is 9.43. The van der Waals surface area contributed by atoms with E-state index in [0.29, 0.717) is 16.4 Å². The van der Waals surface area contributed by atoms with Gasteiger partial charge in [-0.2, -0.15) is 5.10 Å². The molecule has 2 aromatic carbocycles. The van der Waals surface area contributed by atoms with Crippen LogP contribution >= 0.6 is 11.3 Å². The minimum absolute atomic E-state index is 0.133. The third-order valence-corrected chi connectivity index (χ3v) is 7.29. The summed E-state index contributed by atoms with van der Waals surface area (Å²) < 4.78 is 5.46. The molecule has 0 spiro atoms. The predicted octanol–water partition coefficient (Wildman–Crippen LogP) is 5.66. The summed E-state index contributed by atoms with van der Waals surface area (Å²) in [5.41, 5.74) is 5.22. The standard InChI is InChI=1S/C27H29N5OS/c1-19-11-10-14-22(17-19)29-31-24(21-12-6-4-7-13-21)18-34-27(31)28-25-20(2)30(3)32(26(25)33)23-15-8-5-9-16-23/h4-9,12-13,15-16,18-19H,10-11,14,17H2,1-3H3. The van der Waals surface area contributed by atoms with Gasteiger partial charge >= 0.3 is 0 Å². The Balaban J connectivity index is 1.70. The molecule has 2 heterocycles. The van der Waals surface area contributed by atoms with Crippen molar-refractivity contribution in [1.29, 1.82) is 0 Å². The molecule has 0 bridgehead atoms. The van der Waals surface area contributed by atoms with Crippen LogP contribution in [0.1, 0.15) is 38.3 Å². The van der Waals surface area contributed by atoms with E-state index in [0.717, 1.165) is 41.9 Å². The van der Waals surface area contributed by atoms with Crippen molar-refractivity contribution >= 4 is 22.7 Å². The average molecular weight is 472 g/mol. The first-order chi connectivity index (χ1) is 16.5. The highest BCUT2D eigenvalue weighted by molar-refractivity contribution is 7.07. The van der Waals surface area contributed by atoms with Gasteiger partial charge in [0.15, 0.2) is 5.69 Å². The predicted molar refractivity (Wildman–Crippen MR) is 139 cm³/mol. The number of hydrogen-bond donors (Lipinski definition) is 0. The Kier molecular flexibility index (Phi) is 6.20. The minimum atomic E-state index is -0.133. The van der Waals surface area contributed by atoms with Crippen LogP contribution in [0.15, 0.2) is 80.9 Å². The fraction of sp³-hybridized carbons (Fsp3) is 0.296. The maximum absolute atomic E-state index is 13.4. The molecule has 1 aliphatic rings. The van der Waals surface area contributed by atoms with Crippen LogP contribution in [0.25, 0.3) is 16.9 Å². The zero-order valence-corrected chi connectivity index (χ0v) is 20.6. The number of nitrogens with zero attached hydrogens (tertiary/aromatic N) is 5. The molecule has 5 rings (SSSR count). The van der Waals surface area contributed by atoms with Crippen LogP contribution in [0.3, 0.4) is 0 Å². The summed E-state index contributed by atoms with van der Waals surface area (Å²) in [4.78, 5) is 19.0. The summed E-state index contributed by atoms with van der Waals surface area (Å²) >= 11 is 1.52. The molecule has 0 saturated heterocycles. The molecular formula is C27H29N5OS. The number of aromatic nitrogens is 3. The Morgan fingerprint density at radius 1 is 1.03 bits per heavy atom. The first-order valence-electron chi connectivity index (χ1n) is 11.7. The molecule has 6 nitrogen and oxygen atoms in total. The normalized spacial score (nSPS) is 18.0. The van der Waals surface area contributed by atoms with Crippen LogP contribution in [0.5, 0.6) is 0 Å². The summed E-state index contributed by atoms with van der Waals surface area (Å²) in [6.07, 6.45) is 4.42. The molecule has 34 heavy (non-hydrogen) atoms. The van der Waals surface area contributed by atoms with Crippen LogP contribution in [-0.2, 0) is 7.05 Å². The van der Waals surface area contributed by atoms with Crippen LogP contribution < -0.4 is 10.4 Å². The maximum Gasteiger partial charge on any atom is 0.297 e. The smallest absolute Gasteiger partial charge is 0.283 e. The van der Waals surface area contributed by atoms with Crippen LogP contribution in [0, 0.1) is 12.8 Å². The van der Waals surface area contributed by atoms with Gasteiger partial charge in [-0.1, -0.05) is 55.5 Å². The maximum atomic E-state index is 13.4. The van der Waals surface area contributed by atoms with Gasteiger partial charge in [0, 0.05) is 23.7 Å². The molecule has 0 amide bonds. The Hall–Kier alpha value is -3.45. The molecule has 1 aliphatic carbocycles. The van der Waals surface area contributed by atoms with Gasteiger partial charge in [-0.15, -0.1) is 11.3 Å². The highest BCUT2D eigenvalue weighted by Gasteiger charge is 2.18. The van der Waals surface area contributed by atoms with Crippen molar-refractivity contribution in [3.05, 3.63) is 86.9 Å². The lowest BCUT2D eigenvalue weighted by Gasteiger charge is -2.19. The molecular weight excluding hydrogens is 442 g/mol. The lowest BCUT2D eigenvalue weighted by molar-refractivity contribution is 0.497. The van der Waals surface area contributed by atoms with Gasteiger partial charge in [-0.3, -0.25) is 9.48 Å². The summed E-state index contributed by atoms with van der Waals surface area (Å²) in [5, 5.41) is 7.16. The number of hydrogen-bond acceptors (Lipinski definition) is 4. The fourth-order valence-electron chi connectivity index (χ4n) is 4.55. The first kappa shape index (κ1) is 22.3. The van der Waals surface area contributed by atoms with E-state index in [2.05, 4.69) is 24.4 Å². The van der Waals surface area contributed by atoms with E-state index in [4.69, 9.17) is 10.1 Å². The summed E-state index contributed by atoms with van der Waals surface area (Å²) in [6, 6.07) is 19.9. The average Bonchev–Trinajstić information content (AvgIpc) is 3.34. The molecule has 1 fully saturated rings. The second-order valence-corrected chi connectivity index (χ2v) is 9.81. The molecule has 1 saturated carbocycles. The SMILES string of the molecule is Cc1c(N=c2scc(-c3ccccc3)n2N=C2CCCC(C)C2)c(=O)n(-c2ccccc2)n1C. The molecule has 1 unspecified atom stereocenters. The van der Waals surface area contributed by atoms with Crippen LogP contribution in [-0.4, -0.2) is 19.8 Å². The topological polar surface area (TPSA) is 56.6 Å². The van der Waals surface area contributed by atoms with E-state index in [-0.39, 0.29) is 5.56 Å². The second-order valence-electron chi connectivity index (χ2n) is 8.97. The fourth-order valence-corrected chi connectivity index (χ4v) is 5.39. The van der Waals surface area contributed by atoms with Gasteiger partial charge in [0.25, 0.3) is 5.56 Å². The minimum Gasteiger partial charge on any atom is -0.283 e. The Morgan fingerprint density at radius 2 is 1.74 bits per heavy atom. The largest absolute Gasteiger partial charge is 0.297 e. The lowest BCUT2D eigenvalue weighted by Crippen LogP contribution is -2.20. The van der Waals surface area contributed by atoms with Crippen LogP contribution in [0.2, 0.25) is 0 Å². The molecule has 0 N–H and O–H groups in total. The summed E-state index contributed by atoms with van der Waals surface area (Å²) in [7, 11) is 1.89. The van der Waals surface area contributed by atoms with E-state index < -0.39 is 0 Å². The zero-order valence-electron chi connectivity index (χ0n) is 19.8. The highest BCUT2D eigenvalue weighted by Crippen LogP contribution is 2.25. The van der Waals surface area contributed by atoms with Crippen molar-refractivity contribution in [2.24, 2.45) is 23.1 Å². The highest BCUT2D eigenvalue weighted by atomic mass is 32.1. The molecule has 0 aliphatic heterocycles. The third kappa shape index (κ3) is 4.23. The van der Waals surface area contributed by atoms with E-state index >= 15 is 0 Å². The molecule has 2 aromatic heterocycles. The van der Waals surface area contributed by atoms with Crippen molar-refractivity contribution in [1.82, 2.24) is 14.0 Å². The number of para-hydroxylation sites is 1. The molecule has 174 valence electrons. The molecule has 1 atom stereocenters. The van der Waals surface area contributed by atoms with Crippen molar-refractivity contribution < 1.29 is 0 Å². The number of thiazole rings is 1. The van der Waals surface area contributed by atoms with Crippen LogP contribution in [0.4, 0.5) is 5.69 Å². The van der Waals surface area contributed by atoms with E-state index in [9.17, 15) is 4.79 Å². The van der Waals surface area contributed by atoms with Crippen molar-refractivity contribution in [2.45, 2.75) is 39.5 Å². The van der Waals surface area contributed by atoms with Gasteiger partial charge in [-0.25, -0.2) is 14.4 Å². The molecule has 4 aromatic rings. The quantitative estimate of drug-likeness (QED) is 0.379. The number of benzene rings is 2. The van der Waals surface area contributed by atoms with Gasteiger partial charge < -0.3 is 0 Å². The number of rotatable bonds is 4. The Labute approximate surface area is 203 Å². The third-order valence-electron chi connectivity index (χ3n) is 6.47. The van der Waals surface area contributed by atoms with Crippen molar-refractivity contribution in [2.75, 3.05) is 0 Å². The van der Waals surface area contributed by atoms with Gasteiger partial charge in [0.1, 0.15) is 0 Å². The monoisotopic (exact) mass is 471 g/mol. The van der Waals surface area contributed by atoms with E-state index in [1.807, 2.05) is 71.9 Å². The van der Waals surface area contributed by atoms with Gasteiger partial charge in [0.2, 0.25) is 4.80 Å². The Morgan fingerprint density at radius 3 is 2.44 bits per heavy atom. The summed E-state index contributed by atoms with van der Waals surface area (Å²) in [6.45, 7) is 4.22. The van der Waals surface area contributed by atoms with E-state index in [1.54, 1.807) is 4.68 Å². The Bertz CT molecular complexity index is 1450. The van der Waals surface area contributed by atoms with Gasteiger partial charge in [-0.05, 0) is 50.7 Å². The lowest BCUT2D eigenvalue weighted by atomic mass is 9.89. The summed E-state index contributed by atoms with van der Waals surface area (Å²) in [5.74, 6) is 0.641.